The summed E-state index contributed by atoms with van der Waals surface area (Å²) >= 11 is 0. The molecule has 0 aliphatic heterocycles. The second-order valence-electron chi connectivity index (χ2n) is 5.39. The molecule has 0 radical (unpaired) electrons. The Balaban J connectivity index is 1.57. The lowest BCUT2D eigenvalue weighted by Gasteiger charge is -2.08. The van der Waals surface area contributed by atoms with Gasteiger partial charge in [-0.1, -0.05) is 29.8 Å². The summed E-state index contributed by atoms with van der Waals surface area (Å²) in [5.41, 5.74) is 2.01. The summed E-state index contributed by atoms with van der Waals surface area (Å²) < 4.78 is 15.6. The van der Waals surface area contributed by atoms with E-state index in [0.29, 0.717) is 11.3 Å². The predicted octanol–water partition coefficient (Wildman–Crippen LogP) is 3.22. The molecule has 5 heteroatoms. The van der Waals surface area contributed by atoms with E-state index in [1.54, 1.807) is 24.3 Å². The van der Waals surface area contributed by atoms with Crippen molar-refractivity contribution >= 4 is 16.9 Å². The van der Waals surface area contributed by atoms with E-state index in [1.165, 1.54) is 6.07 Å². The lowest BCUT2D eigenvalue weighted by atomic mass is 10.1. The van der Waals surface area contributed by atoms with Crippen molar-refractivity contribution in [3.05, 3.63) is 76.1 Å². The van der Waals surface area contributed by atoms with Crippen LogP contribution < -0.4 is 10.4 Å². The van der Waals surface area contributed by atoms with E-state index in [9.17, 15) is 9.59 Å². The molecule has 1 aromatic heterocycles. The molecule has 0 N–H and O–H groups in total. The number of esters is 1. The van der Waals surface area contributed by atoms with Crippen LogP contribution in [0.2, 0.25) is 0 Å². The zero-order valence-corrected chi connectivity index (χ0v) is 13.2. The maximum Gasteiger partial charge on any atom is 0.344 e. The van der Waals surface area contributed by atoms with Crippen molar-refractivity contribution in [2.75, 3.05) is 6.61 Å². The standard InChI is InChI=1S/C19H16O5/c1-13-3-2-4-14(9-13)11-23-19(21)12-22-16-7-5-15-6-8-18(20)24-17(15)10-16/h2-10H,11-12H2,1H3. The number of aryl methyl sites for hydroxylation is 1. The zero-order chi connectivity index (χ0) is 16.9. The smallest absolute Gasteiger partial charge is 0.344 e. The first-order valence-electron chi connectivity index (χ1n) is 7.48. The topological polar surface area (TPSA) is 65.7 Å². The molecule has 0 saturated heterocycles. The maximum atomic E-state index is 11.8. The van der Waals surface area contributed by atoms with Crippen LogP contribution in [-0.4, -0.2) is 12.6 Å². The van der Waals surface area contributed by atoms with Crippen LogP contribution >= 0.6 is 0 Å². The molecule has 5 nitrogen and oxygen atoms in total. The van der Waals surface area contributed by atoms with Gasteiger partial charge in [0.05, 0.1) is 0 Å². The van der Waals surface area contributed by atoms with Crippen LogP contribution in [0.5, 0.6) is 5.75 Å². The van der Waals surface area contributed by atoms with E-state index in [1.807, 2.05) is 31.2 Å². The van der Waals surface area contributed by atoms with Crippen LogP contribution in [0.15, 0.2) is 63.8 Å². The number of carbonyl (C=O) groups is 1. The van der Waals surface area contributed by atoms with E-state index in [2.05, 4.69) is 0 Å². The minimum Gasteiger partial charge on any atom is -0.482 e. The molecule has 0 fully saturated rings. The molecule has 24 heavy (non-hydrogen) atoms. The van der Waals surface area contributed by atoms with E-state index < -0.39 is 11.6 Å². The van der Waals surface area contributed by atoms with Gasteiger partial charge in [-0.2, -0.15) is 0 Å². The summed E-state index contributed by atoms with van der Waals surface area (Å²) in [6.45, 7) is 1.97. The minimum atomic E-state index is -0.467. The molecular formula is C19H16O5. The van der Waals surface area contributed by atoms with Crippen LogP contribution in [-0.2, 0) is 16.1 Å². The van der Waals surface area contributed by atoms with Crippen LogP contribution in [0, 0.1) is 6.92 Å². The van der Waals surface area contributed by atoms with E-state index >= 15 is 0 Å². The average Bonchev–Trinajstić information content (AvgIpc) is 2.58. The van der Waals surface area contributed by atoms with Gasteiger partial charge in [0, 0.05) is 17.5 Å². The first-order chi connectivity index (χ1) is 11.6. The fourth-order valence-electron chi connectivity index (χ4n) is 2.28. The SMILES string of the molecule is Cc1cccc(COC(=O)COc2ccc3ccc(=O)oc3c2)c1. The van der Waals surface area contributed by atoms with Gasteiger partial charge in [-0.05, 0) is 30.7 Å². The average molecular weight is 324 g/mol. The highest BCUT2D eigenvalue weighted by Crippen LogP contribution is 2.19. The fourth-order valence-corrected chi connectivity index (χ4v) is 2.28. The highest BCUT2D eigenvalue weighted by molar-refractivity contribution is 5.78. The Morgan fingerprint density at radius 3 is 2.75 bits per heavy atom. The van der Waals surface area contributed by atoms with E-state index in [0.717, 1.165) is 16.5 Å². The number of hydrogen-bond acceptors (Lipinski definition) is 5. The van der Waals surface area contributed by atoms with Crippen molar-refractivity contribution in [2.45, 2.75) is 13.5 Å². The van der Waals surface area contributed by atoms with Gasteiger partial charge < -0.3 is 13.9 Å². The van der Waals surface area contributed by atoms with Gasteiger partial charge in [0.25, 0.3) is 0 Å². The highest BCUT2D eigenvalue weighted by atomic mass is 16.6. The summed E-state index contributed by atoms with van der Waals surface area (Å²) in [5, 5.41) is 0.781. The monoisotopic (exact) mass is 324 g/mol. The Morgan fingerprint density at radius 2 is 1.92 bits per heavy atom. The van der Waals surface area contributed by atoms with Crippen molar-refractivity contribution in [1.82, 2.24) is 0 Å². The Morgan fingerprint density at radius 1 is 1.08 bits per heavy atom. The molecule has 1 heterocycles. The van der Waals surface area contributed by atoms with Gasteiger partial charge in [-0.15, -0.1) is 0 Å². The zero-order valence-electron chi connectivity index (χ0n) is 13.2. The van der Waals surface area contributed by atoms with Crippen molar-refractivity contribution < 1.29 is 18.7 Å². The first kappa shape index (κ1) is 15.8. The largest absolute Gasteiger partial charge is 0.482 e. The van der Waals surface area contributed by atoms with Gasteiger partial charge in [0.2, 0.25) is 0 Å². The van der Waals surface area contributed by atoms with E-state index in [-0.39, 0.29) is 13.2 Å². The van der Waals surface area contributed by atoms with Crippen LogP contribution in [0.25, 0.3) is 11.0 Å². The molecule has 3 rings (SSSR count). The Hall–Kier alpha value is -3.08. The Kier molecular flexibility index (Phi) is 4.61. The van der Waals surface area contributed by atoms with Crippen LogP contribution in [0.3, 0.4) is 0 Å². The van der Waals surface area contributed by atoms with Crippen LogP contribution in [0.4, 0.5) is 0 Å². The molecule has 0 aliphatic rings. The molecule has 122 valence electrons. The summed E-state index contributed by atoms with van der Waals surface area (Å²) in [5.74, 6) is -0.0320. The molecule has 0 spiro atoms. The van der Waals surface area contributed by atoms with Gasteiger partial charge in [0.15, 0.2) is 6.61 Å². The molecule has 0 bridgehead atoms. The number of benzene rings is 2. The summed E-state index contributed by atoms with van der Waals surface area (Å²) in [4.78, 5) is 23.0. The number of ether oxygens (including phenoxy) is 2. The van der Waals surface area contributed by atoms with Gasteiger partial charge in [0.1, 0.15) is 17.9 Å². The number of fused-ring (bicyclic) bond motifs is 1. The predicted molar refractivity (Wildman–Crippen MR) is 89.0 cm³/mol. The van der Waals surface area contributed by atoms with Gasteiger partial charge >= 0.3 is 11.6 Å². The van der Waals surface area contributed by atoms with Crippen LogP contribution in [0.1, 0.15) is 11.1 Å². The quantitative estimate of drug-likeness (QED) is 0.532. The summed E-state index contributed by atoms with van der Waals surface area (Å²) in [6.07, 6.45) is 0. The molecule has 3 aromatic rings. The first-order valence-corrected chi connectivity index (χ1v) is 7.48. The Labute approximate surface area is 138 Å². The van der Waals surface area contributed by atoms with Gasteiger partial charge in [-0.25, -0.2) is 9.59 Å². The molecule has 2 aromatic carbocycles. The maximum absolute atomic E-state index is 11.8. The van der Waals surface area contributed by atoms with Crippen molar-refractivity contribution in [3.63, 3.8) is 0 Å². The second kappa shape index (κ2) is 7.00. The third kappa shape index (κ3) is 4.01. The summed E-state index contributed by atoms with van der Waals surface area (Å²) in [6, 6.07) is 15.8. The van der Waals surface area contributed by atoms with Crippen molar-refractivity contribution in [3.8, 4) is 5.75 Å². The molecular weight excluding hydrogens is 308 g/mol. The second-order valence-corrected chi connectivity index (χ2v) is 5.39. The Bertz CT molecular complexity index is 926. The lowest BCUT2D eigenvalue weighted by molar-refractivity contribution is -0.147. The van der Waals surface area contributed by atoms with Crippen molar-refractivity contribution in [2.24, 2.45) is 0 Å². The third-order valence-electron chi connectivity index (χ3n) is 3.43. The summed E-state index contributed by atoms with van der Waals surface area (Å²) in [7, 11) is 0. The molecule has 0 saturated carbocycles. The molecule has 0 unspecified atom stereocenters. The third-order valence-corrected chi connectivity index (χ3v) is 3.43. The fraction of sp³-hybridized carbons (Fsp3) is 0.158. The van der Waals surface area contributed by atoms with Crippen molar-refractivity contribution in [1.29, 1.82) is 0 Å². The highest BCUT2D eigenvalue weighted by Gasteiger charge is 2.06. The lowest BCUT2D eigenvalue weighted by Crippen LogP contribution is -2.14. The molecule has 0 amide bonds. The van der Waals surface area contributed by atoms with E-state index in [4.69, 9.17) is 13.9 Å². The number of hydrogen-bond donors (Lipinski definition) is 0. The van der Waals surface area contributed by atoms with Gasteiger partial charge in [-0.3, -0.25) is 0 Å². The minimum absolute atomic E-state index is 0.205. The number of carbonyl (C=O) groups excluding carboxylic acids is 1. The normalized spacial score (nSPS) is 10.5. The number of rotatable bonds is 5. The molecule has 0 atom stereocenters. The molecule has 0 aliphatic carbocycles.